The number of nitrogens with zero attached hydrogens (tertiary/aromatic N) is 1. The average Bonchev–Trinajstić information content (AvgIpc) is 2.73. The SMILES string of the molecule is CCOC(=O)c1cc(C)cc(-c2ccc(NC(=O)OCc3ccccc3)cc2)n1. The first-order valence-corrected chi connectivity index (χ1v) is 9.29. The molecule has 0 unspecified atom stereocenters. The van der Waals surface area contributed by atoms with E-state index in [1.807, 2.05) is 55.5 Å². The van der Waals surface area contributed by atoms with Crippen molar-refractivity contribution in [1.82, 2.24) is 4.98 Å². The standard InChI is InChI=1S/C23H22N2O4/c1-3-28-22(26)21-14-16(2)13-20(25-21)18-9-11-19(12-10-18)24-23(27)29-15-17-7-5-4-6-8-17/h4-14H,3,15H2,1-2H3,(H,24,27). The number of rotatable bonds is 6. The number of carbonyl (C=O) groups excluding carboxylic acids is 2. The molecule has 0 aliphatic rings. The number of anilines is 1. The van der Waals surface area contributed by atoms with Crippen molar-refractivity contribution < 1.29 is 19.1 Å². The molecule has 0 aliphatic carbocycles. The molecule has 0 saturated heterocycles. The maximum Gasteiger partial charge on any atom is 0.411 e. The first-order chi connectivity index (χ1) is 14.0. The molecule has 1 heterocycles. The van der Waals surface area contributed by atoms with Gasteiger partial charge in [0.2, 0.25) is 0 Å². The predicted molar refractivity (Wildman–Crippen MR) is 111 cm³/mol. The summed E-state index contributed by atoms with van der Waals surface area (Å²) < 4.78 is 10.2. The number of esters is 1. The van der Waals surface area contributed by atoms with Crippen molar-refractivity contribution in [2.45, 2.75) is 20.5 Å². The zero-order valence-electron chi connectivity index (χ0n) is 16.3. The van der Waals surface area contributed by atoms with E-state index in [1.54, 1.807) is 25.1 Å². The number of pyridine rings is 1. The molecule has 3 rings (SSSR count). The fraction of sp³-hybridized carbons (Fsp3) is 0.174. The number of aromatic nitrogens is 1. The Morgan fingerprint density at radius 1 is 0.966 bits per heavy atom. The summed E-state index contributed by atoms with van der Waals surface area (Å²) >= 11 is 0. The van der Waals surface area contributed by atoms with Crippen molar-refractivity contribution in [2.24, 2.45) is 0 Å². The van der Waals surface area contributed by atoms with Crippen molar-refractivity contribution in [1.29, 1.82) is 0 Å². The Labute approximate surface area is 169 Å². The van der Waals surface area contributed by atoms with Crippen LogP contribution in [0.3, 0.4) is 0 Å². The lowest BCUT2D eigenvalue weighted by Gasteiger charge is -2.09. The molecule has 1 aromatic heterocycles. The van der Waals surface area contributed by atoms with Gasteiger partial charge >= 0.3 is 12.1 Å². The van der Waals surface area contributed by atoms with Crippen molar-refractivity contribution in [3.63, 3.8) is 0 Å². The largest absolute Gasteiger partial charge is 0.461 e. The van der Waals surface area contributed by atoms with E-state index in [9.17, 15) is 9.59 Å². The van der Waals surface area contributed by atoms with Gasteiger partial charge in [-0.15, -0.1) is 0 Å². The normalized spacial score (nSPS) is 10.3. The second-order valence-electron chi connectivity index (χ2n) is 6.40. The number of aryl methyl sites for hydroxylation is 1. The Morgan fingerprint density at radius 3 is 2.38 bits per heavy atom. The van der Waals surface area contributed by atoms with Crippen LogP contribution in [0.4, 0.5) is 10.5 Å². The average molecular weight is 390 g/mol. The predicted octanol–water partition coefficient (Wildman–Crippen LogP) is 4.98. The van der Waals surface area contributed by atoms with Crippen LogP contribution in [0.15, 0.2) is 66.7 Å². The smallest absolute Gasteiger partial charge is 0.411 e. The lowest BCUT2D eigenvalue weighted by molar-refractivity contribution is 0.0519. The number of hydrogen-bond acceptors (Lipinski definition) is 5. The first-order valence-electron chi connectivity index (χ1n) is 9.29. The molecule has 2 aromatic carbocycles. The molecule has 1 N–H and O–H groups in total. The molecule has 3 aromatic rings. The van der Waals surface area contributed by atoms with E-state index in [0.29, 0.717) is 18.0 Å². The van der Waals surface area contributed by atoms with Gasteiger partial charge in [-0.2, -0.15) is 0 Å². The van der Waals surface area contributed by atoms with E-state index in [2.05, 4.69) is 10.3 Å². The zero-order valence-corrected chi connectivity index (χ0v) is 16.3. The van der Waals surface area contributed by atoms with E-state index >= 15 is 0 Å². The minimum Gasteiger partial charge on any atom is -0.461 e. The molecule has 148 valence electrons. The molecule has 0 radical (unpaired) electrons. The Balaban J connectivity index is 1.65. The highest BCUT2D eigenvalue weighted by molar-refractivity contribution is 5.88. The number of carbonyl (C=O) groups is 2. The van der Waals surface area contributed by atoms with E-state index in [-0.39, 0.29) is 12.3 Å². The minimum absolute atomic E-state index is 0.203. The van der Waals surface area contributed by atoms with Crippen LogP contribution >= 0.6 is 0 Å². The fourth-order valence-electron chi connectivity index (χ4n) is 2.73. The number of benzene rings is 2. The zero-order chi connectivity index (χ0) is 20.6. The third kappa shape index (κ3) is 5.65. The molecule has 0 aliphatic heterocycles. The van der Waals surface area contributed by atoms with Gasteiger partial charge in [-0.1, -0.05) is 42.5 Å². The molecule has 0 bridgehead atoms. The summed E-state index contributed by atoms with van der Waals surface area (Å²) in [5, 5.41) is 2.69. The molecule has 0 saturated carbocycles. The van der Waals surface area contributed by atoms with Gasteiger partial charge in [-0.3, -0.25) is 5.32 Å². The Kier molecular flexibility index (Phi) is 6.58. The molecule has 29 heavy (non-hydrogen) atoms. The summed E-state index contributed by atoms with van der Waals surface area (Å²) in [5.41, 5.74) is 4.18. The second kappa shape index (κ2) is 9.50. The highest BCUT2D eigenvalue weighted by atomic mass is 16.5. The lowest BCUT2D eigenvalue weighted by Crippen LogP contribution is -2.13. The third-order valence-corrected chi connectivity index (χ3v) is 4.09. The highest BCUT2D eigenvalue weighted by Crippen LogP contribution is 2.22. The van der Waals surface area contributed by atoms with Gasteiger partial charge in [0.25, 0.3) is 0 Å². The summed E-state index contributed by atoms with van der Waals surface area (Å²) in [6.45, 7) is 4.15. The van der Waals surface area contributed by atoms with Gasteiger partial charge in [0.15, 0.2) is 0 Å². The molecule has 0 spiro atoms. The van der Waals surface area contributed by atoms with Crippen LogP contribution < -0.4 is 5.32 Å². The Bertz CT molecular complexity index is 986. The molecular weight excluding hydrogens is 368 g/mol. The second-order valence-corrected chi connectivity index (χ2v) is 6.40. The van der Waals surface area contributed by atoms with Crippen molar-refractivity contribution in [3.8, 4) is 11.3 Å². The third-order valence-electron chi connectivity index (χ3n) is 4.09. The van der Waals surface area contributed by atoms with Gasteiger partial charge in [0.05, 0.1) is 12.3 Å². The lowest BCUT2D eigenvalue weighted by atomic mass is 10.1. The maximum absolute atomic E-state index is 12.0. The molecule has 0 atom stereocenters. The monoisotopic (exact) mass is 390 g/mol. The molecule has 6 heteroatoms. The topological polar surface area (TPSA) is 77.5 Å². The highest BCUT2D eigenvalue weighted by Gasteiger charge is 2.12. The van der Waals surface area contributed by atoms with Crippen molar-refractivity contribution >= 4 is 17.7 Å². The number of amides is 1. The van der Waals surface area contributed by atoms with Crippen LogP contribution in [0.1, 0.15) is 28.5 Å². The van der Waals surface area contributed by atoms with Gasteiger partial charge in [0, 0.05) is 11.3 Å². The first kappa shape index (κ1) is 20.1. The van der Waals surface area contributed by atoms with Gasteiger partial charge < -0.3 is 9.47 Å². The van der Waals surface area contributed by atoms with Gasteiger partial charge in [0.1, 0.15) is 12.3 Å². The quantitative estimate of drug-likeness (QED) is 0.601. The van der Waals surface area contributed by atoms with E-state index in [4.69, 9.17) is 9.47 Å². The molecule has 6 nitrogen and oxygen atoms in total. The van der Waals surface area contributed by atoms with E-state index in [1.165, 1.54) is 0 Å². The van der Waals surface area contributed by atoms with Crippen LogP contribution in [0.5, 0.6) is 0 Å². The van der Waals surface area contributed by atoms with Crippen LogP contribution in [0.2, 0.25) is 0 Å². The van der Waals surface area contributed by atoms with E-state index in [0.717, 1.165) is 16.7 Å². The minimum atomic E-state index is -0.528. The summed E-state index contributed by atoms with van der Waals surface area (Å²) in [6.07, 6.45) is -0.528. The molecule has 0 fully saturated rings. The van der Waals surface area contributed by atoms with Gasteiger partial charge in [-0.25, -0.2) is 14.6 Å². The molecular formula is C23H22N2O4. The Morgan fingerprint density at radius 2 is 1.69 bits per heavy atom. The van der Waals surface area contributed by atoms with Crippen molar-refractivity contribution in [2.75, 3.05) is 11.9 Å². The maximum atomic E-state index is 12.0. The summed E-state index contributed by atoms with van der Waals surface area (Å²) in [7, 11) is 0. The summed E-state index contributed by atoms with van der Waals surface area (Å²) in [6, 6.07) is 20.2. The summed E-state index contributed by atoms with van der Waals surface area (Å²) in [4.78, 5) is 28.3. The van der Waals surface area contributed by atoms with Crippen LogP contribution in [-0.2, 0) is 16.1 Å². The molecule has 1 amide bonds. The summed E-state index contributed by atoms with van der Waals surface area (Å²) in [5.74, 6) is -0.447. The van der Waals surface area contributed by atoms with Crippen LogP contribution in [-0.4, -0.2) is 23.7 Å². The van der Waals surface area contributed by atoms with Crippen LogP contribution in [0.25, 0.3) is 11.3 Å². The fourth-order valence-corrected chi connectivity index (χ4v) is 2.73. The van der Waals surface area contributed by atoms with Crippen molar-refractivity contribution in [3.05, 3.63) is 83.6 Å². The van der Waals surface area contributed by atoms with E-state index < -0.39 is 12.1 Å². The Hall–Kier alpha value is -3.67. The number of ether oxygens (including phenoxy) is 2. The van der Waals surface area contributed by atoms with Crippen LogP contribution in [0, 0.1) is 6.92 Å². The van der Waals surface area contributed by atoms with Gasteiger partial charge in [-0.05, 0) is 49.2 Å². The number of nitrogens with one attached hydrogen (secondary N) is 1. The number of hydrogen-bond donors (Lipinski definition) is 1.